The Kier molecular flexibility index (Phi) is 1.95. The summed E-state index contributed by atoms with van der Waals surface area (Å²) in [4.78, 5) is 0. The van der Waals surface area contributed by atoms with Crippen LogP contribution >= 0.6 is 22.6 Å². The lowest BCUT2D eigenvalue weighted by Crippen LogP contribution is -1.86. The van der Waals surface area contributed by atoms with Crippen molar-refractivity contribution in [2.24, 2.45) is 5.92 Å². The maximum atomic E-state index is 2.55. The molecule has 0 radical (unpaired) electrons. The van der Waals surface area contributed by atoms with Gasteiger partial charge in [0.15, 0.2) is 0 Å². The molecule has 1 fully saturated rings. The topological polar surface area (TPSA) is 0 Å². The Labute approximate surface area is 58.8 Å². The molecule has 0 N–H and O–H groups in total. The van der Waals surface area contributed by atoms with E-state index in [-0.39, 0.29) is 0 Å². The zero-order chi connectivity index (χ0) is 5.28. The van der Waals surface area contributed by atoms with E-state index in [9.17, 15) is 0 Å². The summed E-state index contributed by atoms with van der Waals surface area (Å²) in [5.74, 6) is 1.02. The number of alkyl halides is 1. The minimum absolute atomic E-state index is 0.993. The quantitative estimate of drug-likeness (QED) is 0.425. The zero-order valence-corrected chi connectivity index (χ0v) is 6.81. The molecule has 0 amide bonds. The molecule has 1 saturated carbocycles. The largest absolute Gasteiger partial charge is 0.0826 e. The first-order chi connectivity index (χ1) is 3.29. The Morgan fingerprint density at radius 2 is 2.14 bits per heavy atom. The number of hydrogen-bond acceptors (Lipinski definition) is 0. The van der Waals surface area contributed by atoms with Crippen LogP contribution in [0.5, 0.6) is 0 Å². The van der Waals surface area contributed by atoms with Crippen LogP contribution in [0.2, 0.25) is 0 Å². The van der Waals surface area contributed by atoms with Gasteiger partial charge >= 0.3 is 0 Å². The Morgan fingerprint density at radius 1 is 1.43 bits per heavy atom. The Hall–Kier alpha value is 0.730. The molecule has 0 saturated heterocycles. The summed E-state index contributed by atoms with van der Waals surface area (Å²) >= 11 is 2.55. The maximum Gasteiger partial charge on any atom is 0.0112 e. The molecule has 7 heavy (non-hydrogen) atoms. The second-order valence-corrected chi connectivity index (χ2v) is 4.28. The van der Waals surface area contributed by atoms with Gasteiger partial charge in [-0.1, -0.05) is 29.5 Å². The van der Waals surface area contributed by atoms with Crippen molar-refractivity contribution in [3.63, 3.8) is 0 Å². The summed E-state index contributed by atoms with van der Waals surface area (Å²) in [6.45, 7) is 2.35. The first kappa shape index (κ1) is 5.86. The van der Waals surface area contributed by atoms with Crippen molar-refractivity contribution in [2.45, 2.75) is 30.1 Å². The van der Waals surface area contributed by atoms with Crippen LogP contribution in [-0.2, 0) is 0 Å². The lowest BCUT2D eigenvalue weighted by atomic mass is 10.2. The third kappa shape index (κ3) is 1.59. The van der Waals surface area contributed by atoms with Crippen molar-refractivity contribution in [2.75, 3.05) is 0 Å². The van der Waals surface area contributed by atoms with E-state index in [2.05, 4.69) is 29.5 Å². The molecule has 0 heterocycles. The SMILES string of the molecule is C[C@@H]1CC[C@@H](I)C1. The van der Waals surface area contributed by atoms with Gasteiger partial charge in [0.25, 0.3) is 0 Å². The van der Waals surface area contributed by atoms with Gasteiger partial charge in [-0.05, 0) is 25.2 Å². The lowest BCUT2D eigenvalue weighted by Gasteiger charge is -1.94. The minimum Gasteiger partial charge on any atom is -0.0826 e. The van der Waals surface area contributed by atoms with Crippen LogP contribution in [-0.4, -0.2) is 3.92 Å². The van der Waals surface area contributed by atoms with Crippen LogP contribution in [0.1, 0.15) is 26.2 Å². The van der Waals surface area contributed by atoms with Gasteiger partial charge < -0.3 is 0 Å². The van der Waals surface area contributed by atoms with Crippen LogP contribution in [0.3, 0.4) is 0 Å². The van der Waals surface area contributed by atoms with E-state index in [0.29, 0.717) is 0 Å². The smallest absolute Gasteiger partial charge is 0.0112 e. The molecular weight excluding hydrogens is 199 g/mol. The first-order valence-electron chi connectivity index (χ1n) is 2.93. The standard InChI is InChI=1S/C6H11I/c1-5-2-3-6(7)4-5/h5-6H,2-4H2,1H3/t5-,6-/m1/s1. The highest BCUT2D eigenvalue weighted by atomic mass is 127. The molecule has 0 nitrogen and oxygen atoms in total. The normalized spacial score (nSPS) is 42.0. The number of hydrogen-bond donors (Lipinski definition) is 0. The molecular formula is C6H11I. The van der Waals surface area contributed by atoms with Crippen LogP contribution < -0.4 is 0 Å². The van der Waals surface area contributed by atoms with Crippen molar-refractivity contribution in [1.82, 2.24) is 0 Å². The minimum atomic E-state index is 0.993. The van der Waals surface area contributed by atoms with Crippen molar-refractivity contribution in [3.05, 3.63) is 0 Å². The van der Waals surface area contributed by atoms with E-state index in [1.54, 1.807) is 0 Å². The van der Waals surface area contributed by atoms with Gasteiger partial charge in [-0.2, -0.15) is 0 Å². The van der Waals surface area contributed by atoms with E-state index < -0.39 is 0 Å². The van der Waals surface area contributed by atoms with Gasteiger partial charge in [-0.15, -0.1) is 0 Å². The summed E-state index contributed by atoms with van der Waals surface area (Å²) in [5.41, 5.74) is 0. The number of halogens is 1. The average Bonchev–Trinajstić information content (AvgIpc) is 1.87. The molecule has 0 aromatic heterocycles. The molecule has 42 valence electrons. The fourth-order valence-corrected chi connectivity index (χ4v) is 2.37. The van der Waals surface area contributed by atoms with Crippen LogP contribution in [0.15, 0.2) is 0 Å². The molecule has 1 aliphatic rings. The van der Waals surface area contributed by atoms with Gasteiger partial charge in [0, 0.05) is 3.92 Å². The predicted octanol–water partition coefficient (Wildman–Crippen LogP) is 2.61. The van der Waals surface area contributed by atoms with Crippen molar-refractivity contribution < 1.29 is 0 Å². The van der Waals surface area contributed by atoms with Crippen LogP contribution in [0, 0.1) is 5.92 Å². The van der Waals surface area contributed by atoms with Crippen LogP contribution in [0.4, 0.5) is 0 Å². The highest BCUT2D eigenvalue weighted by Crippen LogP contribution is 2.29. The molecule has 0 aromatic rings. The summed E-state index contributed by atoms with van der Waals surface area (Å²) in [7, 11) is 0. The van der Waals surface area contributed by atoms with E-state index in [0.717, 1.165) is 9.84 Å². The third-order valence-corrected chi connectivity index (χ3v) is 2.76. The van der Waals surface area contributed by atoms with E-state index in [1.165, 1.54) is 19.3 Å². The van der Waals surface area contributed by atoms with E-state index >= 15 is 0 Å². The van der Waals surface area contributed by atoms with Gasteiger partial charge in [0.1, 0.15) is 0 Å². The Bertz CT molecular complexity index is 53.2. The predicted molar refractivity (Wildman–Crippen MR) is 40.8 cm³/mol. The maximum absolute atomic E-state index is 2.55. The highest BCUT2D eigenvalue weighted by Gasteiger charge is 2.17. The third-order valence-electron chi connectivity index (χ3n) is 1.63. The van der Waals surface area contributed by atoms with Crippen molar-refractivity contribution in [3.8, 4) is 0 Å². The molecule has 1 aliphatic carbocycles. The summed E-state index contributed by atoms with van der Waals surface area (Å²) in [6, 6.07) is 0. The fraction of sp³-hybridized carbons (Fsp3) is 1.00. The van der Waals surface area contributed by atoms with Gasteiger partial charge in [-0.3, -0.25) is 0 Å². The molecule has 1 rings (SSSR count). The molecule has 0 unspecified atom stereocenters. The second kappa shape index (κ2) is 2.33. The van der Waals surface area contributed by atoms with Gasteiger partial charge in [0.2, 0.25) is 0 Å². The average molecular weight is 210 g/mol. The molecule has 2 atom stereocenters. The van der Waals surface area contributed by atoms with Crippen molar-refractivity contribution in [1.29, 1.82) is 0 Å². The van der Waals surface area contributed by atoms with E-state index in [4.69, 9.17) is 0 Å². The summed E-state index contributed by atoms with van der Waals surface area (Å²) in [6.07, 6.45) is 4.38. The van der Waals surface area contributed by atoms with E-state index in [1.807, 2.05) is 0 Å². The molecule has 1 heteroatoms. The molecule has 0 bridgehead atoms. The fourth-order valence-electron chi connectivity index (χ4n) is 1.14. The zero-order valence-electron chi connectivity index (χ0n) is 4.65. The Morgan fingerprint density at radius 3 is 2.29 bits per heavy atom. The van der Waals surface area contributed by atoms with Gasteiger partial charge in [0.05, 0.1) is 0 Å². The molecule has 0 spiro atoms. The monoisotopic (exact) mass is 210 g/mol. The van der Waals surface area contributed by atoms with Gasteiger partial charge in [-0.25, -0.2) is 0 Å². The van der Waals surface area contributed by atoms with Crippen LogP contribution in [0.25, 0.3) is 0 Å². The molecule has 0 aromatic carbocycles. The lowest BCUT2D eigenvalue weighted by molar-refractivity contribution is 0.615. The summed E-state index contributed by atoms with van der Waals surface area (Å²) in [5, 5.41) is 0. The summed E-state index contributed by atoms with van der Waals surface area (Å²) < 4.78 is 0.993. The first-order valence-corrected chi connectivity index (χ1v) is 4.17. The Balaban J connectivity index is 2.26. The second-order valence-electron chi connectivity index (χ2n) is 2.52. The number of rotatable bonds is 0. The van der Waals surface area contributed by atoms with Crippen molar-refractivity contribution >= 4 is 22.6 Å². The molecule has 0 aliphatic heterocycles. The highest BCUT2D eigenvalue weighted by molar-refractivity contribution is 14.1.